The smallest absolute Gasteiger partial charge is 0.442 e. The molecule has 6 nitrogen and oxygen atoms in total. The molecule has 0 atom stereocenters. The lowest BCUT2D eigenvalue weighted by Crippen LogP contribution is -2.34. The number of nitrogens with zero attached hydrogens (tertiary/aromatic N) is 2. The zero-order valence-corrected chi connectivity index (χ0v) is 11.0. The molecule has 0 saturated carbocycles. The Morgan fingerprint density at radius 3 is 2.18 bits per heavy atom. The van der Waals surface area contributed by atoms with Gasteiger partial charge < -0.3 is 10.3 Å². The summed E-state index contributed by atoms with van der Waals surface area (Å²) in [6, 6.07) is 0. The van der Waals surface area contributed by atoms with Crippen LogP contribution in [-0.4, -0.2) is 38.7 Å². The predicted octanol–water partition coefficient (Wildman–Crippen LogP) is 0.848. The average molecular weight is 258 g/mol. The van der Waals surface area contributed by atoms with E-state index in [9.17, 15) is 14.4 Å². The maximum Gasteiger partial charge on any atom is 0.442 e. The first-order valence-electron chi connectivity index (χ1n) is 4.79. The van der Waals surface area contributed by atoms with Gasteiger partial charge in [0.15, 0.2) is 5.12 Å². The highest BCUT2D eigenvalue weighted by Crippen LogP contribution is 2.08. The molecule has 0 aromatic heterocycles. The normalized spacial score (nSPS) is 10.4. The van der Waals surface area contributed by atoms with E-state index in [0.29, 0.717) is 0 Å². The summed E-state index contributed by atoms with van der Waals surface area (Å²) >= 11 is 0.730. The Labute approximate surface area is 103 Å². The molecule has 0 fully saturated rings. The Morgan fingerprint density at radius 1 is 1.29 bits per heavy atom. The number of esters is 1. The van der Waals surface area contributed by atoms with Crippen LogP contribution >= 0.6 is 11.8 Å². The predicted molar refractivity (Wildman–Crippen MR) is 62.6 cm³/mol. The molecule has 0 aromatic rings. The number of Topliss-reactive ketones (excluding diaryl/α,β-unsaturated/α-hetero) is 1. The Balaban J connectivity index is 4.65. The SMILES string of the molecule is CC(=O)SCC(=O)C(=[N+]=[N-])C(=O)OC(C)(C)C. The van der Waals surface area contributed by atoms with Crippen molar-refractivity contribution in [1.82, 2.24) is 0 Å². The van der Waals surface area contributed by atoms with Gasteiger partial charge in [-0.05, 0) is 20.8 Å². The van der Waals surface area contributed by atoms with E-state index in [0.717, 1.165) is 11.8 Å². The van der Waals surface area contributed by atoms with Crippen molar-refractivity contribution >= 4 is 34.3 Å². The van der Waals surface area contributed by atoms with Crippen LogP contribution in [0.25, 0.3) is 5.53 Å². The van der Waals surface area contributed by atoms with Gasteiger partial charge in [-0.3, -0.25) is 9.59 Å². The van der Waals surface area contributed by atoms with Crippen LogP contribution in [0.4, 0.5) is 0 Å². The van der Waals surface area contributed by atoms with Gasteiger partial charge in [-0.2, -0.15) is 4.79 Å². The van der Waals surface area contributed by atoms with Crippen LogP contribution in [0.5, 0.6) is 0 Å². The molecule has 0 aliphatic carbocycles. The first-order valence-corrected chi connectivity index (χ1v) is 5.78. The third-order valence-corrected chi connectivity index (χ3v) is 2.18. The molecular weight excluding hydrogens is 244 g/mol. The lowest BCUT2D eigenvalue weighted by atomic mass is 10.2. The first kappa shape index (κ1) is 15.5. The van der Waals surface area contributed by atoms with Crippen molar-refractivity contribution in [2.75, 3.05) is 5.75 Å². The summed E-state index contributed by atoms with van der Waals surface area (Å²) in [5.41, 5.74) is 7.11. The van der Waals surface area contributed by atoms with Crippen LogP contribution in [-0.2, 0) is 19.1 Å². The van der Waals surface area contributed by atoms with E-state index in [2.05, 4.69) is 4.79 Å². The summed E-state index contributed by atoms with van der Waals surface area (Å²) in [5.74, 6) is -2.01. The lowest BCUT2D eigenvalue weighted by Gasteiger charge is -2.17. The van der Waals surface area contributed by atoms with Gasteiger partial charge in [-0.15, -0.1) is 0 Å². The van der Waals surface area contributed by atoms with Crippen molar-refractivity contribution < 1.29 is 23.9 Å². The van der Waals surface area contributed by atoms with Crippen molar-refractivity contribution in [1.29, 1.82) is 0 Å². The fourth-order valence-corrected chi connectivity index (χ4v) is 1.24. The van der Waals surface area contributed by atoms with Gasteiger partial charge in [0.2, 0.25) is 0 Å². The molecule has 0 N–H and O–H groups in total. The highest BCUT2D eigenvalue weighted by molar-refractivity contribution is 8.14. The Morgan fingerprint density at radius 2 is 1.82 bits per heavy atom. The highest BCUT2D eigenvalue weighted by atomic mass is 32.2. The van der Waals surface area contributed by atoms with E-state index in [4.69, 9.17) is 10.3 Å². The molecule has 0 unspecified atom stereocenters. The quantitative estimate of drug-likeness (QED) is 0.245. The third-order valence-electron chi connectivity index (χ3n) is 1.36. The molecule has 0 amide bonds. The van der Waals surface area contributed by atoms with Crippen LogP contribution in [0, 0.1) is 0 Å². The lowest BCUT2D eigenvalue weighted by molar-refractivity contribution is -0.151. The molecule has 7 heteroatoms. The second-order valence-electron chi connectivity index (χ2n) is 4.15. The van der Waals surface area contributed by atoms with Gasteiger partial charge in [0, 0.05) is 6.92 Å². The topological polar surface area (TPSA) is 96.8 Å². The number of hydrogen-bond donors (Lipinski definition) is 0. The molecule has 0 aliphatic rings. The Hall–Kier alpha value is -1.46. The minimum absolute atomic E-state index is 0.256. The standard InChI is InChI=1S/C10H14N2O4S/c1-6(13)17-5-7(14)8(12-11)9(15)16-10(2,3)4/h5H2,1-4H3. The van der Waals surface area contributed by atoms with E-state index in [1.807, 2.05) is 0 Å². The number of thioether (sulfide) groups is 1. The highest BCUT2D eigenvalue weighted by Gasteiger charge is 2.34. The fourth-order valence-electron chi connectivity index (χ4n) is 0.772. The van der Waals surface area contributed by atoms with E-state index in [-0.39, 0.29) is 10.9 Å². The number of carbonyl (C=O) groups is 3. The largest absolute Gasteiger partial charge is 0.451 e. The van der Waals surface area contributed by atoms with Crippen molar-refractivity contribution in [2.45, 2.75) is 33.3 Å². The zero-order chi connectivity index (χ0) is 13.6. The summed E-state index contributed by atoms with van der Waals surface area (Å²) in [7, 11) is 0. The summed E-state index contributed by atoms with van der Waals surface area (Å²) in [6.45, 7) is 6.15. The molecule has 0 spiro atoms. The van der Waals surface area contributed by atoms with Gasteiger partial charge in [0.25, 0.3) is 5.78 Å². The molecule has 94 valence electrons. The van der Waals surface area contributed by atoms with Crippen LogP contribution in [0.15, 0.2) is 0 Å². The number of rotatable bonds is 4. The van der Waals surface area contributed by atoms with Gasteiger partial charge >= 0.3 is 11.7 Å². The van der Waals surface area contributed by atoms with Crippen molar-refractivity contribution in [3.63, 3.8) is 0 Å². The third kappa shape index (κ3) is 6.65. The average Bonchev–Trinajstić information content (AvgIpc) is 2.12. The number of carbonyl (C=O) groups excluding carboxylic acids is 3. The minimum atomic E-state index is -1.01. The number of hydrogen-bond acceptors (Lipinski definition) is 5. The monoisotopic (exact) mass is 258 g/mol. The maximum atomic E-state index is 11.4. The Kier molecular flexibility index (Phi) is 5.78. The fraction of sp³-hybridized carbons (Fsp3) is 0.600. The maximum absolute atomic E-state index is 11.4. The van der Waals surface area contributed by atoms with Crippen molar-refractivity contribution in [3.8, 4) is 0 Å². The molecule has 0 saturated heterocycles. The van der Waals surface area contributed by atoms with Gasteiger partial charge in [0.1, 0.15) is 5.60 Å². The summed E-state index contributed by atoms with van der Waals surface area (Å²) in [4.78, 5) is 36.2. The van der Waals surface area contributed by atoms with Crippen LogP contribution in [0.2, 0.25) is 0 Å². The van der Waals surface area contributed by atoms with Gasteiger partial charge in [-0.1, -0.05) is 11.8 Å². The van der Waals surface area contributed by atoms with E-state index >= 15 is 0 Å². The zero-order valence-electron chi connectivity index (χ0n) is 10.1. The first-order chi connectivity index (χ1) is 7.67. The molecule has 0 aromatic carbocycles. The number of ketones is 1. The van der Waals surface area contributed by atoms with Crippen molar-refractivity contribution in [3.05, 3.63) is 5.53 Å². The minimum Gasteiger partial charge on any atom is -0.451 e. The van der Waals surface area contributed by atoms with Crippen LogP contribution in [0.1, 0.15) is 27.7 Å². The molecule has 17 heavy (non-hydrogen) atoms. The molecule has 0 bridgehead atoms. The summed E-state index contributed by atoms with van der Waals surface area (Å²) in [6.07, 6.45) is 0. The second-order valence-corrected chi connectivity index (χ2v) is 5.31. The van der Waals surface area contributed by atoms with Gasteiger partial charge in [0.05, 0.1) is 5.75 Å². The van der Waals surface area contributed by atoms with Crippen LogP contribution in [0.3, 0.4) is 0 Å². The summed E-state index contributed by atoms with van der Waals surface area (Å²) in [5, 5.41) is -0.264. The van der Waals surface area contributed by atoms with Gasteiger partial charge in [-0.25, -0.2) is 4.79 Å². The molecule has 0 aliphatic heterocycles. The molecular formula is C10H14N2O4S. The Bertz CT molecular complexity index is 392. The molecule has 0 radical (unpaired) electrons. The van der Waals surface area contributed by atoms with Crippen molar-refractivity contribution in [2.24, 2.45) is 0 Å². The van der Waals surface area contributed by atoms with E-state index in [1.54, 1.807) is 20.8 Å². The number of ether oxygens (including phenoxy) is 1. The molecule has 0 heterocycles. The molecule has 0 rings (SSSR count). The van der Waals surface area contributed by atoms with Crippen LogP contribution < -0.4 is 0 Å². The second kappa shape index (κ2) is 6.32. The van der Waals surface area contributed by atoms with E-state index < -0.39 is 23.1 Å². The summed E-state index contributed by atoms with van der Waals surface area (Å²) < 4.78 is 4.87. The van der Waals surface area contributed by atoms with E-state index in [1.165, 1.54) is 6.92 Å².